The summed E-state index contributed by atoms with van der Waals surface area (Å²) >= 11 is 13.5. The topological polar surface area (TPSA) is 52.8 Å². The fourth-order valence-corrected chi connectivity index (χ4v) is 9.02. The van der Waals surface area contributed by atoms with Gasteiger partial charge in [-0.15, -0.1) is 0 Å². The summed E-state index contributed by atoms with van der Waals surface area (Å²) in [5.41, 5.74) is 1.35. The van der Waals surface area contributed by atoms with Crippen molar-refractivity contribution in [2.45, 2.75) is 52.4 Å². The smallest absolute Gasteiger partial charge is 0.129 e. The summed E-state index contributed by atoms with van der Waals surface area (Å²) in [4.78, 5) is 0. The highest BCUT2D eigenvalue weighted by molar-refractivity contribution is 7.87. The number of phenols is 2. The molecule has 0 atom stereocenters. The summed E-state index contributed by atoms with van der Waals surface area (Å²) in [5, 5.41) is 26.9. The van der Waals surface area contributed by atoms with Gasteiger partial charge in [0.25, 0.3) is 0 Å². The maximum absolute atomic E-state index is 12.0. The van der Waals surface area contributed by atoms with Gasteiger partial charge >= 0.3 is 0 Å². The number of phenolic OH excluding ortho intramolecular Hbond substituents is 2. The van der Waals surface area contributed by atoms with Gasteiger partial charge in [0.2, 0.25) is 0 Å². The van der Waals surface area contributed by atoms with Crippen LogP contribution in [0.4, 0.5) is 5.69 Å². The maximum atomic E-state index is 12.0. The molecule has 0 saturated heterocycles. The molecular formula is C32H34Cl2NO2P. The fraction of sp³-hybridized carbons (Fsp3) is 0.250. The van der Waals surface area contributed by atoms with Gasteiger partial charge in [0.15, 0.2) is 0 Å². The molecule has 0 saturated carbocycles. The molecule has 0 aliphatic heterocycles. The zero-order valence-electron chi connectivity index (χ0n) is 22.6. The van der Waals surface area contributed by atoms with E-state index in [1.807, 2.05) is 102 Å². The van der Waals surface area contributed by atoms with E-state index in [0.717, 1.165) is 11.0 Å². The Balaban J connectivity index is 2.33. The predicted octanol–water partition coefficient (Wildman–Crippen LogP) is 8.81. The molecule has 0 aromatic heterocycles. The molecule has 38 heavy (non-hydrogen) atoms. The van der Waals surface area contributed by atoms with Crippen LogP contribution in [-0.4, -0.2) is 10.2 Å². The van der Waals surface area contributed by atoms with Gasteiger partial charge in [0.05, 0.1) is 12.7 Å². The molecule has 0 amide bonds. The lowest BCUT2D eigenvalue weighted by Crippen LogP contribution is -2.29. The minimum Gasteiger partial charge on any atom is -0.507 e. The van der Waals surface area contributed by atoms with Gasteiger partial charge < -0.3 is 10.2 Å². The number of hydrogen-bond donors (Lipinski definition) is 2. The first-order valence-corrected chi connectivity index (χ1v) is 15.0. The minimum absolute atomic E-state index is 0.121. The zero-order valence-corrected chi connectivity index (χ0v) is 25.0. The highest BCUT2D eigenvalue weighted by Gasteiger charge is 2.37. The van der Waals surface area contributed by atoms with Gasteiger partial charge in [0.1, 0.15) is 11.5 Å². The zero-order chi connectivity index (χ0) is 27.9. The molecule has 4 aromatic rings. The van der Waals surface area contributed by atoms with Crippen molar-refractivity contribution in [1.29, 1.82) is 0 Å². The van der Waals surface area contributed by atoms with E-state index in [4.69, 9.17) is 27.9 Å². The van der Waals surface area contributed by atoms with Crippen LogP contribution in [0, 0.1) is 0 Å². The second-order valence-corrected chi connectivity index (χ2v) is 15.4. The molecular weight excluding hydrogens is 532 g/mol. The molecule has 0 spiro atoms. The Bertz CT molecular complexity index is 1450. The van der Waals surface area contributed by atoms with Crippen LogP contribution >= 0.6 is 30.3 Å². The van der Waals surface area contributed by atoms with Crippen LogP contribution in [0.2, 0.25) is 10.0 Å². The van der Waals surface area contributed by atoms with Gasteiger partial charge in [-0.3, -0.25) is 4.74 Å². The monoisotopic (exact) mass is 565 g/mol. The Morgan fingerprint density at radius 3 is 1.39 bits per heavy atom. The van der Waals surface area contributed by atoms with Crippen molar-refractivity contribution in [2.75, 3.05) is 0 Å². The summed E-state index contributed by atoms with van der Waals surface area (Å²) < 4.78 is 5.42. The molecule has 4 rings (SSSR count). The van der Waals surface area contributed by atoms with Gasteiger partial charge in [-0.25, -0.2) is 0 Å². The molecule has 0 heterocycles. The number of hydrogen-bond acceptors (Lipinski definition) is 3. The van der Waals surface area contributed by atoms with E-state index in [-0.39, 0.29) is 11.5 Å². The van der Waals surface area contributed by atoms with Gasteiger partial charge in [-0.05, 0) is 47.2 Å². The van der Waals surface area contributed by atoms with Crippen molar-refractivity contribution >= 4 is 51.9 Å². The maximum Gasteiger partial charge on any atom is 0.129 e. The van der Waals surface area contributed by atoms with Gasteiger partial charge in [-0.1, -0.05) is 113 Å². The second-order valence-electron chi connectivity index (χ2n) is 11.5. The summed E-state index contributed by atoms with van der Waals surface area (Å²) in [5.74, 6) is 0.242. The van der Waals surface area contributed by atoms with Crippen molar-refractivity contribution in [3.63, 3.8) is 0 Å². The van der Waals surface area contributed by atoms with E-state index in [0.29, 0.717) is 31.8 Å². The van der Waals surface area contributed by atoms with Gasteiger partial charge in [0, 0.05) is 37.1 Å². The van der Waals surface area contributed by atoms with E-state index in [9.17, 15) is 10.2 Å². The van der Waals surface area contributed by atoms with Crippen molar-refractivity contribution in [1.82, 2.24) is 0 Å². The molecule has 6 heteroatoms. The summed E-state index contributed by atoms with van der Waals surface area (Å²) in [6.45, 7) is 12.2. The third-order valence-electron chi connectivity index (χ3n) is 6.57. The van der Waals surface area contributed by atoms with Crippen LogP contribution in [0.15, 0.2) is 89.7 Å². The van der Waals surface area contributed by atoms with E-state index >= 15 is 0 Å². The van der Waals surface area contributed by atoms with Crippen LogP contribution in [-0.2, 0) is 10.8 Å². The quantitative estimate of drug-likeness (QED) is 0.243. The molecule has 0 bridgehead atoms. The first-order valence-electron chi connectivity index (χ1n) is 12.6. The highest BCUT2D eigenvalue weighted by Crippen LogP contribution is 2.55. The first-order chi connectivity index (χ1) is 17.7. The third-order valence-corrected chi connectivity index (χ3v) is 10.7. The average molecular weight is 567 g/mol. The lowest BCUT2D eigenvalue weighted by Gasteiger charge is -2.32. The van der Waals surface area contributed by atoms with Crippen molar-refractivity contribution in [3.8, 4) is 11.5 Å². The lowest BCUT2D eigenvalue weighted by molar-refractivity contribution is 0.450. The number of rotatable bonds is 4. The Hall–Kier alpha value is -2.71. The van der Waals surface area contributed by atoms with E-state index in [1.54, 1.807) is 24.3 Å². The number of benzene rings is 4. The second kappa shape index (κ2) is 10.5. The first kappa shape index (κ1) is 28.3. The molecule has 0 unspecified atom stereocenters. The lowest BCUT2D eigenvalue weighted by atomic mass is 9.86. The van der Waals surface area contributed by atoms with E-state index < -0.39 is 17.9 Å². The molecule has 0 fully saturated rings. The van der Waals surface area contributed by atoms with Crippen LogP contribution in [0.1, 0.15) is 52.7 Å². The van der Waals surface area contributed by atoms with E-state index in [1.165, 1.54) is 0 Å². The number of halogens is 2. The summed E-state index contributed by atoms with van der Waals surface area (Å²) in [7, 11) is -3.14. The number of aromatic hydroxyl groups is 2. The normalized spacial score (nSPS) is 12.4. The van der Waals surface area contributed by atoms with Crippen LogP contribution in [0.25, 0.3) is 0 Å². The minimum atomic E-state index is -3.14. The average Bonchev–Trinajstić information content (AvgIpc) is 2.85. The fourth-order valence-electron chi connectivity index (χ4n) is 4.69. The van der Waals surface area contributed by atoms with Crippen molar-refractivity contribution in [2.24, 2.45) is 4.74 Å². The van der Waals surface area contributed by atoms with E-state index in [2.05, 4.69) is 0 Å². The Kier molecular flexibility index (Phi) is 7.79. The summed E-state index contributed by atoms with van der Waals surface area (Å²) in [6, 6.07) is 26.7. The third kappa shape index (κ3) is 5.38. The highest BCUT2D eigenvalue weighted by atomic mass is 35.5. The molecule has 0 aliphatic carbocycles. The molecule has 2 N–H and O–H groups in total. The predicted molar refractivity (Wildman–Crippen MR) is 164 cm³/mol. The van der Waals surface area contributed by atoms with Crippen LogP contribution in [0.5, 0.6) is 11.5 Å². The standard InChI is InChI=1S/C32H34Cl2NO2P/c1-31(2,3)25-17-21(33)19-27(29(25)36)38(24-15-11-8-12-16-24,35-23-13-9-7-10-14-23)28-20-22(34)18-26(30(28)37)32(4,5)6/h7-20,36-37H,1-6H3. The SMILES string of the molecule is CC(C)(C)c1cc(Cl)cc(P(=Nc2ccccc2)(c2ccccc2)c2cc(Cl)cc(C(C)(C)C)c2O)c1O. The Morgan fingerprint density at radius 1 is 0.605 bits per heavy atom. The molecule has 0 aliphatic rings. The van der Waals surface area contributed by atoms with Crippen LogP contribution < -0.4 is 15.9 Å². The van der Waals surface area contributed by atoms with Gasteiger partial charge in [-0.2, -0.15) is 0 Å². The largest absolute Gasteiger partial charge is 0.507 e. The molecule has 198 valence electrons. The van der Waals surface area contributed by atoms with Crippen molar-refractivity contribution in [3.05, 3.63) is 106 Å². The van der Waals surface area contributed by atoms with Crippen molar-refractivity contribution < 1.29 is 10.2 Å². The number of nitrogens with zero attached hydrogens (tertiary/aromatic N) is 1. The molecule has 3 nitrogen and oxygen atoms in total. The molecule has 4 aromatic carbocycles. The van der Waals surface area contributed by atoms with Crippen LogP contribution in [0.3, 0.4) is 0 Å². The molecule has 0 radical (unpaired) electrons. The summed E-state index contributed by atoms with van der Waals surface area (Å²) in [6.07, 6.45) is 0. The Labute approximate surface area is 236 Å². The Morgan fingerprint density at radius 2 is 1.00 bits per heavy atom.